The number of esters is 1. The van der Waals surface area contributed by atoms with Crippen LogP contribution in [0.3, 0.4) is 0 Å². The molecule has 1 saturated carbocycles. The Morgan fingerprint density at radius 2 is 2.18 bits per heavy atom. The van der Waals surface area contributed by atoms with Crippen molar-refractivity contribution in [2.75, 3.05) is 7.11 Å². The zero-order chi connectivity index (χ0) is 12.0. The molecule has 0 aromatic carbocycles. The maximum Gasteiger partial charge on any atom is 0.305 e. The number of methoxy groups -OCH3 is 1. The summed E-state index contributed by atoms with van der Waals surface area (Å²) in [5.41, 5.74) is 0. The van der Waals surface area contributed by atoms with Gasteiger partial charge in [-0.15, -0.1) is 0 Å². The van der Waals surface area contributed by atoms with Crippen molar-refractivity contribution in [2.45, 2.75) is 46.5 Å². The van der Waals surface area contributed by atoms with Crippen LogP contribution in [0, 0.1) is 11.8 Å². The van der Waals surface area contributed by atoms with Crippen molar-refractivity contribution in [1.29, 1.82) is 0 Å². The minimum Gasteiger partial charge on any atom is -0.469 e. The normalized spacial score (nSPS) is 23.8. The molecule has 0 unspecified atom stereocenters. The number of Topliss-reactive ketones (excluding diaryl/α,β-unsaturated/α-hetero) is 1. The summed E-state index contributed by atoms with van der Waals surface area (Å²) in [6.45, 7) is 2.07. The van der Waals surface area contributed by atoms with Crippen LogP contribution in [0.15, 0.2) is 12.2 Å². The van der Waals surface area contributed by atoms with Gasteiger partial charge in [-0.05, 0) is 25.2 Å². The van der Waals surface area contributed by atoms with Crippen LogP contribution in [0.4, 0.5) is 0 Å². The van der Waals surface area contributed by atoms with Gasteiger partial charge >= 0.3 is 5.97 Å². The Bertz CT molecular complexity index is 281. The summed E-state index contributed by atoms with van der Waals surface area (Å²) in [6, 6.07) is 0. The van der Waals surface area contributed by atoms with Crippen LogP contribution >= 0.6 is 0 Å². The molecule has 0 bridgehead atoms. The number of rotatable bonds is 5. The monoisotopic (exact) mass is 240 g/mol. The molecule has 0 spiro atoms. The van der Waals surface area contributed by atoms with E-state index in [2.05, 4.69) is 23.8 Å². The average molecular weight is 240 g/mol. The first-order valence-electron chi connectivity index (χ1n) is 5.93. The predicted octanol–water partition coefficient (Wildman–Crippen LogP) is 3.14. The van der Waals surface area contributed by atoms with E-state index in [1.165, 1.54) is 7.11 Å². The van der Waals surface area contributed by atoms with E-state index in [1.807, 2.05) is 0 Å². The third-order valence-corrected chi connectivity index (χ3v) is 3.19. The molecule has 2 atom stereocenters. The highest BCUT2D eigenvalue weighted by Crippen LogP contribution is 2.34. The summed E-state index contributed by atoms with van der Waals surface area (Å²) in [4.78, 5) is 22.9. The third-order valence-electron chi connectivity index (χ3n) is 3.19. The number of carbonyl (C=O) groups excluding carboxylic acids is 2. The summed E-state index contributed by atoms with van der Waals surface area (Å²) in [6.07, 6.45) is 7.72. The van der Waals surface area contributed by atoms with Crippen molar-refractivity contribution < 1.29 is 14.3 Å². The number of carbonyl (C=O) groups is 2. The van der Waals surface area contributed by atoms with Gasteiger partial charge in [0.05, 0.1) is 7.11 Å². The van der Waals surface area contributed by atoms with Gasteiger partial charge in [-0.3, -0.25) is 9.59 Å². The number of hydrogen-bond acceptors (Lipinski definition) is 3. The van der Waals surface area contributed by atoms with Gasteiger partial charge in [-0.25, -0.2) is 0 Å². The Morgan fingerprint density at radius 1 is 1.47 bits per heavy atom. The molecule has 0 aliphatic heterocycles. The molecule has 0 aromatic heterocycles. The third kappa shape index (κ3) is 4.72. The van der Waals surface area contributed by atoms with E-state index in [0.29, 0.717) is 18.6 Å². The minimum absolute atomic E-state index is 0. The zero-order valence-corrected chi connectivity index (χ0v) is 10.1. The minimum atomic E-state index is -0.204. The summed E-state index contributed by atoms with van der Waals surface area (Å²) in [5.74, 6) is 0.308. The van der Waals surface area contributed by atoms with E-state index in [-0.39, 0.29) is 25.2 Å². The van der Waals surface area contributed by atoms with Crippen LogP contribution in [-0.4, -0.2) is 18.9 Å². The quantitative estimate of drug-likeness (QED) is 0.547. The lowest BCUT2D eigenvalue weighted by molar-refractivity contribution is -0.142. The maximum absolute atomic E-state index is 11.7. The van der Waals surface area contributed by atoms with Gasteiger partial charge in [-0.2, -0.15) is 0 Å². The second-order valence-electron chi connectivity index (χ2n) is 4.27. The highest BCUT2D eigenvalue weighted by atomic mass is 16.5. The van der Waals surface area contributed by atoms with Crippen molar-refractivity contribution in [1.82, 2.24) is 0 Å². The second kappa shape index (κ2) is 8.04. The van der Waals surface area contributed by atoms with Gasteiger partial charge in [0.2, 0.25) is 0 Å². The summed E-state index contributed by atoms with van der Waals surface area (Å²) in [5, 5.41) is 0. The maximum atomic E-state index is 11.7. The van der Waals surface area contributed by atoms with E-state index in [0.717, 1.165) is 19.3 Å². The molecule has 1 aliphatic rings. The number of ketones is 1. The van der Waals surface area contributed by atoms with Crippen LogP contribution < -0.4 is 0 Å². The molecular formula is C14H24O3. The van der Waals surface area contributed by atoms with Crippen LogP contribution in [0.5, 0.6) is 0 Å². The predicted molar refractivity (Wildman–Crippen MR) is 68.6 cm³/mol. The van der Waals surface area contributed by atoms with Crippen LogP contribution in [0.1, 0.15) is 46.5 Å². The molecule has 0 heterocycles. The first kappa shape index (κ1) is 15.9. The summed E-state index contributed by atoms with van der Waals surface area (Å²) >= 11 is 0. The first-order chi connectivity index (χ1) is 7.69. The number of hydrogen-bond donors (Lipinski definition) is 0. The van der Waals surface area contributed by atoms with Gasteiger partial charge in [0.15, 0.2) is 0 Å². The lowest BCUT2D eigenvalue weighted by Gasteiger charge is -2.15. The molecular weight excluding hydrogens is 216 g/mol. The van der Waals surface area contributed by atoms with Gasteiger partial charge in [0.25, 0.3) is 0 Å². The fourth-order valence-corrected chi connectivity index (χ4v) is 2.25. The van der Waals surface area contributed by atoms with Crippen molar-refractivity contribution in [3.8, 4) is 0 Å². The molecule has 98 valence electrons. The molecule has 0 amide bonds. The molecule has 1 rings (SSSR count). The molecule has 3 heteroatoms. The molecule has 0 N–H and O–H groups in total. The van der Waals surface area contributed by atoms with Gasteiger partial charge in [0.1, 0.15) is 5.78 Å². The second-order valence-corrected chi connectivity index (χ2v) is 4.27. The Kier molecular flexibility index (Phi) is 7.51. The number of ether oxygens (including phenoxy) is 1. The fourth-order valence-electron chi connectivity index (χ4n) is 2.25. The van der Waals surface area contributed by atoms with E-state index >= 15 is 0 Å². The topological polar surface area (TPSA) is 43.4 Å². The molecule has 1 fully saturated rings. The number of allylic oxidation sites excluding steroid dienone is 2. The highest BCUT2D eigenvalue weighted by molar-refractivity contribution is 5.84. The smallest absolute Gasteiger partial charge is 0.305 e. The highest BCUT2D eigenvalue weighted by Gasteiger charge is 2.34. The molecule has 1 aliphatic carbocycles. The fraction of sp³-hybridized carbons (Fsp3) is 0.714. The summed E-state index contributed by atoms with van der Waals surface area (Å²) in [7, 11) is 1.39. The van der Waals surface area contributed by atoms with Gasteiger partial charge in [-0.1, -0.05) is 26.5 Å². The largest absolute Gasteiger partial charge is 0.469 e. The van der Waals surface area contributed by atoms with E-state index in [4.69, 9.17) is 0 Å². The molecule has 0 radical (unpaired) electrons. The van der Waals surface area contributed by atoms with E-state index in [9.17, 15) is 9.59 Å². The molecule has 3 nitrogen and oxygen atoms in total. The van der Waals surface area contributed by atoms with Crippen LogP contribution in [0.25, 0.3) is 0 Å². The van der Waals surface area contributed by atoms with E-state index < -0.39 is 0 Å². The average Bonchev–Trinajstić information content (AvgIpc) is 2.61. The van der Waals surface area contributed by atoms with Crippen molar-refractivity contribution >= 4 is 11.8 Å². The molecule has 0 saturated heterocycles. The standard InChI is InChI=1S/C13H20O3.CH4/c1-3-4-5-6-11-10(7-8-12(11)14)9-13(15)16-2;/h4-5,10-11H,3,6-9H2,1-2H3;1H4/b5-4-;/t10-,11-;/m0./s1. The Hall–Kier alpha value is -1.12. The Balaban J connectivity index is 0.00000256. The van der Waals surface area contributed by atoms with Gasteiger partial charge in [0, 0.05) is 18.8 Å². The Labute approximate surface area is 104 Å². The van der Waals surface area contributed by atoms with Crippen molar-refractivity contribution in [3.05, 3.63) is 12.2 Å². The summed E-state index contributed by atoms with van der Waals surface area (Å²) < 4.78 is 4.65. The molecule has 0 aromatic rings. The first-order valence-corrected chi connectivity index (χ1v) is 5.93. The van der Waals surface area contributed by atoms with Gasteiger partial charge < -0.3 is 4.74 Å². The Morgan fingerprint density at radius 3 is 2.76 bits per heavy atom. The van der Waals surface area contributed by atoms with E-state index in [1.54, 1.807) is 0 Å². The van der Waals surface area contributed by atoms with Crippen LogP contribution in [-0.2, 0) is 14.3 Å². The zero-order valence-electron chi connectivity index (χ0n) is 10.1. The molecule has 17 heavy (non-hydrogen) atoms. The lowest BCUT2D eigenvalue weighted by atomic mass is 9.89. The van der Waals surface area contributed by atoms with Crippen LogP contribution in [0.2, 0.25) is 0 Å². The van der Waals surface area contributed by atoms with Crippen molar-refractivity contribution in [3.63, 3.8) is 0 Å². The lowest BCUT2D eigenvalue weighted by Crippen LogP contribution is -2.18. The van der Waals surface area contributed by atoms with Crippen molar-refractivity contribution in [2.24, 2.45) is 11.8 Å². The SMILES string of the molecule is C.CC/C=C\C[C@@H]1C(=O)CC[C@H]1CC(=O)OC.